The highest BCUT2D eigenvalue weighted by Crippen LogP contribution is 2.16. The van der Waals surface area contributed by atoms with Crippen molar-refractivity contribution in [1.82, 2.24) is 0 Å². The van der Waals surface area contributed by atoms with Gasteiger partial charge in [0.05, 0.1) is 5.56 Å². The van der Waals surface area contributed by atoms with E-state index in [1.165, 1.54) is 19.1 Å². The molecule has 0 aliphatic carbocycles. The van der Waals surface area contributed by atoms with Crippen molar-refractivity contribution >= 4 is 5.78 Å². The lowest BCUT2D eigenvalue weighted by atomic mass is 10.1. The summed E-state index contributed by atoms with van der Waals surface area (Å²) in [6.07, 6.45) is 0. The monoisotopic (exact) mass is 258 g/mol. The Labute approximate surface area is 111 Å². The molecule has 2 rings (SSSR count). The van der Waals surface area contributed by atoms with E-state index in [0.29, 0.717) is 5.56 Å². The van der Waals surface area contributed by atoms with Crippen LogP contribution < -0.4 is 4.74 Å². The van der Waals surface area contributed by atoms with Crippen LogP contribution in [-0.2, 0) is 6.61 Å². The fraction of sp³-hybridized carbons (Fsp3) is 0.188. The predicted octanol–water partition coefficient (Wildman–Crippen LogP) is 3.92. The standard InChI is InChI=1S/C16H15FO2/c1-11-3-6-14(7-4-11)19-10-13-5-8-15(12(2)18)16(17)9-13/h3-9H,10H2,1-2H3. The van der Waals surface area contributed by atoms with Crippen LogP contribution in [0.3, 0.4) is 0 Å². The van der Waals surface area contributed by atoms with E-state index >= 15 is 0 Å². The first-order valence-corrected chi connectivity index (χ1v) is 6.05. The minimum absolute atomic E-state index is 0.110. The molecular formula is C16H15FO2. The number of ketones is 1. The highest BCUT2D eigenvalue weighted by atomic mass is 19.1. The lowest BCUT2D eigenvalue weighted by Gasteiger charge is -2.07. The van der Waals surface area contributed by atoms with E-state index in [1.807, 2.05) is 31.2 Å². The Hall–Kier alpha value is -2.16. The summed E-state index contributed by atoms with van der Waals surface area (Å²) in [5, 5.41) is 0. The van der Waals surface area contributed by atoms with Gasteiger partial charge in [-0.25, -0.2) is 4.39 Å². The van der Waals surface area contributed by atoms with Crippen LogP contribution in [0, 0.1) is 12.7 Å². The van der Waals surface area contributed by atoms with E-state index < -0.39 is 5.82 Å². The van der Waals surface area contributed by atoms with Gasteiger partial charge in [0.2, 0.25) is 0 Å². The van der Waals surface area contributed by atoms with Crippen LogP contribution in [0.2, 0.25) is 0 Å². The number of ether oxygens (including phenoxy) is 1. The zero-order valence-corrected chi connectivity index (χ0v) is 10.9. The number of hydrogen-bond donors (Lipinski definition) is 0. The van der Waals surface area contributed by atoms with Gasteiger partial charge in [0, 0.05) is 0 Å². The van der Waals surface area contributed by atoms with Gasteiger partial charge in [0.25, 0.3) is 0 Å². The van der Waals surface area contributed by atoms with Gasteiger partial charge in [-0.05, 0) is 43.7 Å². The van der Waals surface area contributed by atoms with Gasteiger partial charge in [-0.1, -0.05) is 23.8 Å². The number of carbonyl (C=O) groups is 1. The molecule has 2 aromatic carbocycles. The zero-order valence-electron chi connectivity index (χ0n) is 10.9. The highest BCUT2D eigenvalue weighted by Gasteiger charge is 2.07. The summed E-state index contributed by atoms with van der Waals surface area (Å²) in [5.41, 5.74) is 1.96. The molecule has 0 saturated heterocycles. The van der Waals surface area contributed by atoms with Gasteiger partial charge in [-0.3, -0.25) is 4.79 Å². The molecule has 3 heteroatoms. The third kappa shape index (κ3) is 3.41. The maximum Gasteiger partial charge on any atom is 0.162 e. The number of rotatable bonds is 4. The third-order valence-corrected chi connectivity index (χ3v) is 2.84. The first-order valence-electron chi connectivity index (χ1n) is 6.05. The molecule has 0 saturated carbocycles. The van der Waals surface area contributed by atoms with E-state index in [2.05, 4.69) is 0 Å². The molecule has 98 valence electrons. The summed E-state index contributed by atoms with van der Waals surface area (Å²) in [4.78, 5) is 11.1. The average molecular weight is 258 g/mol. The van der Waals surface area contributed by atoms with E-state index in [0.717, 1.165) is 11.3 Å². The number of carbonyl (C=O) groups excluding carboxylic acids is 1. The van der Waals surface area contributed by atoms with Gasteiger partial charge < -0.3 is 4.74 Å². The Kier molecular flexibility index (Phi) is 3.95. The predicted molar refractivity (Wildman–Crippen MR) is 71.9 cm³/mol. The first-order chi connectivity index (χ1) is 9.06. The molecule has 2 nitrogen and oxygen atoms in total. The van der Waals surface area contributed by atoms with Gasteiger partial charge in [-0.15, -0.1) is 0 Å². The molecule has 0 aliphatic heterocycles. The lowest BCUT2D eigenvalue weighted by molar-refractivity contribution is 0.101. The summed E-state index contributed by atoms with van der Waals surface area (Å²) in [7, 11) is 0. The quantitative estimate of drug-likeness (QED) is 0.777. The number of halogens is 1. The van der Waals surface area contributed by atoms with Crippen molar-refractivity contribution in [2.45, 2.75) is 20.5 Å². The number of aryl methyl sites for hydroxylation is 1. The molecule has 0 radical (unpaired) electrons. The Balaban J connectivity index is 2.06. The van der Waals surface area contributed by atoms with Crippen molar-refractivity contribution in [1.29, 1.82) is 0 Å². The van der Waals surface area contributed by atoms with Crippen molar-refractivity contribution in [2.75, 3.05) is 0 Å². The minimum atomic E-state index is -0.502. The number of hydrogen-bond acceptors (Lipinski definition) is 2. The molecule has 19 heavy (non-hydrogen) atoms. The fourth-order valence-corrected chi connectivity index (χ4v) is 1.74. The Morgan fingerprint density at radius 1 is 1.16 bits per heavy atom. The molecule has 0 aliphatic rings. The Bertz CT molecular complexity index is 588. The maximum absolute atomic E-state index is 13.6. The van der Waals surface area contributed by atoms with E-state index in [4.69, 9.17) is 4.74 Å². The summed E-state index contributed by atoms with van der Waals surface area (Å²) >= 11 is 0. The third-order valence-electron chi connectivity index (χ3n) is 2.84. The van der Waals surface area contributed by atoms with Crippen LogP contribution in [0.25, 0.3) is 0 Å². The van der Waals surface area contributed by atoms with Crippen LogP contribution in [0.15, 0.2) is 42.5 Å². The molecule has 0 aromatic heterocycles. The molecule has 0 amide bonds. The second-order valence-corrected chi connectivity index (χ2v) is 4.47. The van der Waals surface area contributed by atoms with E-state index in [9.17, 15) is 9.18 Å². The van der Waals surface area contributed by atoms with Gasteiger partial charge in [0.15, 0.2) is 5.78 Å². The van der Waals surface area contributed by atoms with Crippen LogP contribution in [0.4, 0.5) is 4.39 Å². The van der Waals surface area contributed by atoms with Crippen molar-refractivity contribution in [3.8, 4) is 5.75 Å². The Morgan fingerprint density at radius 2 is 1.84 bits per heavy atom. The second-order valence-electron chi connectivity index (χ2n) is 4.47. The molecule has 0 spiro atoms. The maximum atomic E-state index is 13.6. The van der Waals surface area contributed by atoms with Crippen LogP contribution in [0.5, 0.6) is 5.75 Å². The topological polar surface area (TPSA) is 26.3 Å². The molecule has 0 unspecified atom stereocenters. The van der Waals surface area contributed by atoms with E-state index in [1.54, 1.807) is 6.07 Å². The summed E-state index contributed by atoms with van der Waals surface area (Å²) in [6, 6.07) is 12.2. The largest absolute Gasteiger partial charge is 0.489 e. The molecule has 0 fully saturated rings. The van der Waals surface area contributed by atoms with Crippen LogP contribution in [0.1, 0.15) is 28.4 Å². The molecule has 0 heterocycles. The number of benzene rings is 2. The van der Waals surface area contributed by atoms with Crippen LogP contribution in [-0.4, -0.2) is 5.78 Å². The summed E-state index contributed by atoms with van der Waals surface area (Å²) in [6.45, 7) is 3.62. The molecular weight excluding hydrogens is 243 g/mol. The normalized spacial score (nSPS) is 10.3. The average Bonchev–Trinajstić information content (AvgIpc) is 2.37. The molecule has 0 bridgehead atoms. The second kappa shape index (κ2) is 5.65. The van der Waals surface area contributed by atoms with Crippen molar-refractivity contribution < 1.29 is 13.9 Å². The van der Waals surface area contributed by atoms with Crippen molar-refractivity contribution in [2.24, 2.45) is 0 Å². The smallest absolute Gasteiger partial charge is 0.162 e. The van der Waals surface area contributed by atoms with Crippen LogP contribution >= 0.6 is 0 Å². The highest BCUT2D eigenvalue weighted by molar-refractivity contribution is 5.94. The first kappa shape index (κ1) is 13.3. The SMILES string of the molecule is CC(=O)c1ccc(COc2ccc(C)cc2)cc1F. The summed E-state index contributed by atoms with van der Waals surface area (Å²) < 4.78 is 19.2. The Morgan fingerprint density at radius 3 is 2.42 bits per heavy atom. The van der Waals surface area contributed by atoms with E-state index in [-0.39, 0.29) is 18.0 Å². The number of Topliss-reactive ketones (excluding diaryl/α,β-unsaturated/α-hetero) is 1. The van der Waals surface area contributed by atoms with Gasteiger partial charge >= 0.3 is 0 Å². The molecule has 2 aromatic rings. The van der Waals surface area contributed by atoms with Gasteiger partial charge in [0.1, 0.15) is 18.2 Å². The molecule has 0 atom stereocenters. The van der Waals surface area contributed by atoms with Gasteiger partial charge in [-0.2, -0.15) is 0 Å². The molecule has 0 N–H and O–H groups in total. The minimum Gasteiger partial charge on any atom is -0.489 e. The fourth-order valence-electron chi connectivity index (χ4n) is 1.74. The van der Waals surface area contributed by atoms with Crippen molar-refractivity contribution in [3.05, 3.63) is 65.0 Å². The summed E-state index contributed by atoms with van der Waals surface area (Å²) in [5.74, 6) is -0.0392. The lowest BCUT2D eigenvalue weighted by Crippen LogP contribution is -2.01. The zero-order chi connectivity index (χ0) is 13.8. The van der Waals surface area contributed by atoms with Crippen molar-refractivity contribution in [3.63, 3.8) is 0 Å².